The molecule has 0 aromatic rings. The molecule has 1 rings (SSSR count). The molecular weight excluding hydrogens is 287 g/mol. The fourth-order valence-corrected chi connectivity index (χ4v) is 2.24. The van der Waals surface area contributed by atoms with Crippen LogP contribution in [0, 0.1) is 11.3 Å². The molecule has 82 valence electrons. The van der Waals surface area contributed by atoms with Crippen molar-refractivity contribution in [2.45, 2.75) is 51.1 Å². The SMILES string of the molecule is CC(I)OC1=CCC(C(C)(C)C)CC1. The molecule has 2 heteroatoms. The maximum Gasteiger partial charge on any atom is 0.146 e. The van der Waals surface area contributed by atoms with Gasteiger partial charge in [0.15, 0.2) is 0 Å². The minimum atomic E-state index is 0.296. The van der Waals surface area contributed by atoms with E-state index in [0.29, 0.717) is 9.53 Å². The molecule has 0 fully saturated rings. The van der Waals surface area contributed by atoms with E-state index in [0.717, 1.165) is 12.3 Å². The van der Waals surface area contributed by atoms with Gasteiger partial charge in [-0.3, -0.25) is 0 Å². The van der Waals surface area contributed by atoms with Gasteiger partial charge in [-0.2, -0.15) is 0 Å². The van der Waals surface area contributed by atoms with Gasteiger partial charge < -0.3 is 4.74 Å². The summed E-state index contributed by atoms with van der Waals surface area (Å²) >= 11 is 2.30. The predicted octanol–water partition coefficient (Wildman–Crippen LogP) is 4.51. The quantitative estimate of drug-likeness (QED) is 0.538. The van der Waals surface area contributed by atoms with Crippen LogP contribution in [0.25, 0.3) is 0 Å². The Bertz CT molecular complexity index is 213. The molecule has 1 aliphatic rings. The highest BCUT2D eigenvalue weighted by atomic mass is 127. The molecule has 0 saturated carbocycles. The Morgan fingerprint density at radius 3 is 2.50 bits per heavy atom. The molecule has 0 aliphatic heterocycles. The summed E-state index contributed by atoms with van der Waals surface area (Å²) in [4.78, 5) is 0. The second-order valence-corrected chi connectivity index (χ2v) is 6.92. The summed E-state index contributed by atoms with van der Waals surface area (Å²) in [7, 11) is 0. The van der Waals surface area contributed by atoms with Crippen LogP contribution in [0.5, 0.6) is 0 Å². The van der Waals surface area contributed by atoms with Gasteiger partial charge in [0.05, 0.1) is 5.76 Å². The molecule has 0 radical (unpaired) electrons. The van der Waals surface area contributed by atoms with Crippen molar-refractivity contribution in [3.63, 3.8) is 0 Å². The van der Waals surface area contributed by atoms with Gasteiger partial charge in [0, 0.05) is 6.42 Å². The summed E-state index contributed by atoms with van der Waals surface area (Å²) in [5, 5.41) is 0. The van der Waals surface area contributed by atoms with E-state index in [4.69, 9.17) is 4.74 Å². The molecular formula is C12H21IO. The lowest BCUT2D eigenvalue weighted by Crippen LogP contribution is -2.22. The third kappa shape index (κ3) is 3.79. The highest BCUT2D eigenvalue weighted by Gasteiger charge is 2.26. The molecule has 0 bridgehead atoms. The van der Waals surface area contributed by atoms with Crippen LogP contribution < -0.4 is 0 Å². The van der Waals surface area contributed by atoms with Crippen LogP contribution in [0.15, 0.2) is 11.8 Å². The molecule has 0 heterocycles. The predicted molar refractivity (Wildman–Crippen MR) is 69.4 cm³/mol. The third-order valence-electron chi connectivity index (χ3n) is 2.91. The first-order chi connectivity index (χ1) is 6.39. The van der Waals surface area contributed by atoms with Crippen LogP contribution in [0.3, 0.4) is 0 Å². The molecule has 2 unspecified atom stereocenters. The van der Waals surface area contributed by atoms with E-state index >= 15 is 0 Å². The van der Waals surface area contributed by atoms with Gasteiger partial charge in [0.25, 0.3) is 0 Å². The lowest BCUT2D eigenvalue weighted by Gasteiger charge is -2.33. The highest BCUT2D eigenvalue weighted by molar-refractivity contribution is 14.1. The van der Waals surface area contributed by atoms with E-state index in [2.05, 4.69) is 56.4 Å². The van der Waals surface area contributed by atoms with Gasteiger partial charge in [0.2, 0.25) is 0 Å². The van der Waals surface area contributed by atoms with Crippen molar-refractivity contribution in [1.82, 2.24) is 0 Å². The standard InChI is InChI=1S/C12H21IO/c1-9(13)14-11-7-5-10(6-8-11)12(2,3)4/h7,9-10H,5-6,8H2,1-4H3. The lowest BCUT2D eigenvalue weighted by atomic mass is 9.74. The van der Waals surface area contributed by atoms with E-state index in [1.807, 2.05) is 0 Å². The average molecular weight is 308 g/mol. The summed E-state index contributed by atoms with van der Waals surface area (Å²) in [5.41, 5.74) is 0.442. The van der Waals surface area contributed by atoms with Gasteiger partial charge in [0.1, 0.15) is 4.11 Å². The summed E-state index contributed by atoms with van der Waals surface area (Å²) in [6.07, 6.45) is 5.87. The maximum atomic E-state index is 5.70. The van der Waals surface area contributed by atoms with Crippen molar-refractivity contribution in [2.75, 3.05) is 0 Å². The number of alkyl halides is 1. The number of hydrogen-bond donors (Lipinski definition) is 0. The highest BCUT2D eigenvalue weighted by Crippen LogP contribution is 2.37. The monoisotopic (exact) mass is 308 g/mol. The zero-order valence-electron chi connectivity index (χ0n) is 9.64. The van der Waals surface area contributed by atoms with Crippen LogP contribution in [0.4, 0.5) is 0 Å². The van der Waals surface area contributed by atoms with E-state index in [1.165, 1.54) is 18.6 Å². The van der Waals surface area contributed by atoms with E-state index in [1.54, 1.807) is 0 Å². The Hall–Kier alpha value is 0.270. The Kier molecular flexibility index (Phi) is 4.29. The number of allylic oxidation sites excluding steroid dienone is 2. The fourth-order valence-electron chi connectivity index (χ4n) is 1.91. The Balaban J connectivity index is 2.47. The fraction of sp³-hybridized carbons (Fsp3) is 0.833. The number of rotatable bonds is 2. The largest absolute Gasteiger partial charge is 0.485 e. The minimum absolute atomic E-state index is 0.296. The summed E-state index contributed by atoms with van der Waals surface area (Å²) in [6.45, 7) is 9.08. The van der Waals surface area contributed by atoms with Gasteiger partial charge in [-0.1, -0.05) is 20.8 Å². The maximum absolute atomic E-state index is 5.70. The van der Waals surface area contributed by atoms with Crippen LogP contribution in [-0.2, 0) is 4.74 Å². The Morgan fingerprint density at radius 2 is 2.14 bits per heavy atom. The van der Waals surface area contributed by atoms with Crippen molar-refractivity contribution < 1.29 is 4.74 Å². The zero-order valence-corrected chi connectivity index (χ0v) is 11.8. The Morgan fingerprint density at radius 1 is 1.50 bits per heavy atom. The zero-order chi connectivity index (χ0) is 10.8. The summed E-state index contributed by atoms with van der Waals surface area (Å²) in [5.74, 6) is 2.02. The molecule has 14 heavy (non-hydrogen) atoms. The lowest BCUT2D eigenvalue weighted by molar-refractivity contribution is 0.160. The van der Waals surface area contributed by atoms with Crippen molar-refractivity contribution in [1.29, 1.82) is 0 Å². The first-order valence-corrected chi connectivity index (χ1v) is 6.64. The average Bonchev–Trinajstić information content (AvgIpc) is 2.02. The second-order valence-electron chi connectivity index (χ2n) is 5.17. The van der Waals surface area contributed by atoms with Crippen molar-refractivity contribution >= 4 is 22.6 Å². The molecule has 0 aromatic carbocycles. The van der Waals surface area contributed by atoms with Gasteiger partial charge in [-0.05, 0) is 59.8 Å². The summed E-state index contributed by atoms with van der Waals surface area (Å²) < 4.78 is 6.00. The van der Waals surface area contributed by atoms with Crippen molar-refractivity contribution in [3.8, 4) is 0 Å². The topological polar surface area (TPSA) is 9.23 Å². The Labute approximate surface area is 101 Å². The molecule has 0 saturated heterocycles. The van der Waals surface area contributed by atoms with Gasteiger partial charge in [-0.25, -0.2) is 0 Å². The van der Waals surface area contributed by atoms with Gasteiger partial charge >= 0.3 is 0 Å². The summed E-state index contributed by atoms with van der Waals surface area (Å²) in [6, 6.07) is 0. The first kappa shape index (κ1) is 12.3. The molecule has 0 spiro atoms. The second kappa shape index (κ2) is 4.86. The van der Waals surface area contributed by atoms with E-state index < -0.39 is 0 Å². The third-order valence-corrected chi connectivity index (χ3v) is 3.16. The minimum Gasteiger partial charge on any atom is -0.485 e. The molecule has 2 atom stereocenters. The molecule has 1 aliphatic carbocycles. The molecule has 0 amide bonds. The van der Waals surface area contributed by atoms with Gasteiger partial charge in [-0.15, -0.1) is 0 Å². The van der Waals surface area contributed by atoms with Crippen molar-refractivity contribution in [2.24, 2.45) is 11.3 Å². The molecule has 0 N–H and O–H groups in total. The van der Waals surface area contributed by atoms with Crippen LogP contribution in [0.2, 0.25) is 0 Å². The molecule has 1 nitrogen and oxygen atoms in total. The molecule has 0 aromatic heterocycles. The van der Waals surface area contributed by atoms with Crippen LogP contribution >= 0.6 is 22.6 Å². The number of ether oxygens (including phenoxy) is 1. The number of hydrogen-bond acceptors (Lipinski definition) is 1. The normalized spacial score (nSPS) is 25.5. The van der Waals surface area contributed by atoms with Crippen LogP contribution in [0.1, 0.15) is 47.0 Å². The van der Waals surface area contributed by atoms with E-state index in [9.17, 15) is 0 Å². The smallest absolute Gasteiger partial charge is 0.146 e. The first-order valence-electron chi connectivity index (χ1n) is 5.39. The van der Waals surface area contributed by atoms with E-state index in [-0.39, 0.29) is 0 Å². The number of halogens is 1. The van der Waals surface area contributed by atoms with Crippen LogP contribution in [-0.4, -0.2) is 4.11 Å². The van der Waals surface area contributed by atoms with Crippen molar-refractivity contribution in [3.05, 3.63) is 11.8 Å².